The van der Waals surface area contributed by atoms with Gasteiger partial charge in [0, 0.05) is 25.2 Å². The molecule has 6 heteroatoms. The summed E-state index contributed by atoms with van der Waals surface area (Å²) in [7, 11) is 0. The van der Waals surface area contributed by atoms with E-state index in [0.717, 1.165) is 6.42 Å². The predicted octanol–water partition coefficient (Wildman–Crippen LogP) is -0.0383. The van der Waals surface area contributed by atoms with Gasteiger partial charge in [0.2, 0.25) is 5.91 Å². The largest absolute Gasteiger partial charge is 0.352 e. The number of nitrogens with zero attached hydrogens (tertiary/aromatic N) is 2. The van der Waals surface area contributed by atoms with E-state index in [0.29, 0.717) is 18.5 Å². The number of nitrogens with one attached hydrogen (secondary N) is 2. The number of amides is 2. The van der Waals surface area contributed by atoms with Crippen molar-refractivity contribution in [2.24, 2.45) is 0 Å². The van der Waals surface area contributed by atoms with Gasteiger partial charge in [-0.3, -0.25) is 9.59 Å². The number of carbonyl (C=O) groups excluding carboxylic acids is 2. The Morgan fingerprint density at radius 1 is 1.61 bits per heavy atom. The summed E-state index contributed by atoms with van der Waals surface area (Å²) in [6.07, 6.45) is 2.60. The van der Waals surface area contributed by atoms with E-state index in [2.05, 4.69) is 15.6 Å². The minimum absolute atomic E-state index is 0.000156. The average Bonchev–Trinajstić information content (AvgIpc) is 2.82. The number of rotatable bonds is 3. The van der Waals surface area contributed by atoms with Gasteiger partial charge in [-0.05, 0) is 18.6 Å². The van der Waals surface area contributed by atoms with Gasteiger partial charge in [0.05, 0.1) is 5.56 Å². The second-order valence-electron chi connectivity index (χ2n) is 4.06. The zero-order chi connectivity index (χ0) is 13.0. The molecule has 0 aliphatic carbocycles. The summed E-state index contributed by atoms with van der Waals surface area (Å²) >= 11 is 0. The molecule has 1 aromatic rings. The molecule has 1 aromatic heterocycles. The van der Waals surface area contributed by atoms with Gasteiger partial charge < -0.3 is 10.6 Å². The van der Waals surface area contributed by atoms with Gasteiger partial charge in [0.1, 0.15) is 11.8 Å². The van der Waals surface area contributed by atoms with E-state index in [9.17, 15) is 9.59 Å². The molecule has 0 saturated carbocycles. The first-order valence-corrected chi connectivity index (χ1v) is 5.63. The van der Waals surface area contributed by atoms with Crippen molar-refractivity contribution in [3.63, 3.8) is 0 Å². The van der Waals surface area contributed by atoms with E-state index in [1.807, 2.05) is 6.07 Å². The third-order valence-electron chi connectivity index (χ3n) is 2.72. The van der Waals surface area contributed by atoms with Crippen molar-refractivity contribution >= 4 is 11.8 Å². The van der Waals surface area contributed by atoms with Gasteiger partial charge in [-0.1, -0.05) is 0 Å². The normalized spacial score (nSPS) is 17.9. The van der Waals surface area contributed by atoms with Crippen molar-refractivity contribution in [1.82, 2.24) is 15.6 Å². The fourth-order valence-electron chi connectivity index (χ4n) is 1.73. The van der Waals surface area contributed by atoms with Crippen LogP contribution in [0.1, 0.15) is 28.9 Å². The van der Waals surface area contributed by atoms with Gasteiger partial charge in [0.15, 0.2) is 0 Å². The molecule has 1 aliphatic rings. The Morgan fingerprint density at radius 2 is 2.44 bits per heavy atom. The molecule has 1 fully saturated rings. The van der Waals surface area contributed by atoms with Crippen LogP contribution in [0.2, 0.25) is 0 Å². The third kappa shape index (κ3) is 2.83. The molecule has 2 rings (SSSR count). The van der Waals surface area contributed by atoms with E-state index in [-0.39, 0.29) is 23.6 Å². The Bertz CT molecular complexity index is 504. The number of carbonyl (C=O) groups is 2. The van der Waals surface area contributed by atoms with Crippen LogP contribution in [0, 0.1) is 11.3 Å². The quantitative estimate of drug-likeness (QED) is 0.780. The molecule has 0 bridgehead atoms. The molecule has 6 nitrogen and oxygen atoms in total. The maximum atomic E-state index is 11.7. The topological polar surface area (TPSA) is 94.9 Å². The Morgan fingerprint density at radius 3 is 3.00 bits per heavy atom. The molecule has 0 spiro atoms. The third-order valence-corrected chi connectivity index (χ3v) is 2.72. The highest BCUT2D eigenvalue weighted by Crippen LogP contribution is 2.05. The number of aromatic nitrogens is 1. The lowest BCUT2D eigenvalue weighted by molar-refractivity contribution is -0.119. The number of pyridine rings is 1. The number of nitriles is 1. The SMILES string of the molecule is N#Cc1ccc(C(=O)NCC2CCC(=O)N2)nc1. The minimum atomic E-state index is -0.305. The predicted molar refractivity (Wildman–Crippen MR) is 62.4 cm³/mol. The molecule has 0 aromatic carbocycles. The van der Waals surface area contributed by atoms with Crippen LogP contribution in [-0.2, 0) is 4.79 Å². The zero-order valence-electron chi connectivity index (χ0n) is 9.64. The molecular weight excluding hydrogens is 232 g/mol. The van der Waals surface area contributed by atoms with Gasteiger partial charge in [-0.15, -0.1) is 0 Å². The van der Waals surface area contributed by atoms with Crippen LogP contribution < -0.4 is 10.6 Å². The molecular formula is C12H12N4O2. The molecule has 0 radical (unpaired) electrons. The molecule has 1 atom stereocenters. The summed E-state index contributed by atoms with van der Waals surface area (Å²) in [5.74, 6) is -0.286. The highest BCUT2D eigenvalue weighted by Gasteiger charge is 2.21. The van der Waals surface area contributed by atoms with E-state index < -0.39 is 0 Å². The Kier molecular flexibility index (Phi) is 3.53. The molecule has 1 aliphatic heterocycles. The lowest BCUT2D eigenvalue weighted by Crippen LogP contribution is -2.38. The maximum absolute atomic E-state index is 11.7. The summed E-state index contributed by atoms with van der Waals surface area (Å²) in [4.78, 5) is 26.6. The Balaban J connectivity index is 1.87. The van der Waals surface area contributed by atoms with Crippen LogP contribution in [0.25, 0.3) is 0 Å². The molecule has 2 N–H and O–H groups in total. The van der Waals surface area contributed by atoms with Crippen molar-refractivity contribution in [1.29, 1.82) is 5.26 Å². The van der Waals surface area contributed by atoms with E-state index in [1.54, 1.807) is 6.07 Å². The summed E-state index contributed by atoms with van der Waals surface area (Å²) in [5.41, 5.74) is 0.674. The van der Waals surface area contributed by atoms with Crippen LogP contribution in [0.4, 0.5) is 0 Å². The molecule has 1 saturated heterocycles. The highest BCUT2D eigenvalue weighted by molar-refractivity contribution is 5.92. The first kappa shape index (κ1) is 12.0. The molecule has 2 heterocycles. The smallest absolute Gasteiger partial charge is 0.269 e. The number of hydrogen-bond acceptors (Lipinski definition) is 4. The molecule has 1 unspecified atom stereocenters. The summed E-state index contributed by atoms with van der Waals surface area (Å²) in [5, 5.41) is 14.1. The van der Waals surface area contributed by atoms with Gasteiger partial charge in [0.25, 0.3) is 5.91 Å². The lowest BCUT2D eigenvalue weighted by Gasteiger charge is -2.10. The van der Waals surface area contributed by atoms with E-state index >= 15 is 0 Å². The Labute approximate surface area is 104 Å². The average molecular weight is 244 g/mol. The first-order chi connectivity index (χ1) is 8.69. The zero-order valence-corrected chi connectivity index (χ0v) is 9.64. The monoisotopic (exact) mass is 244 g/mol. The van der Waals surface area contributed by atoms with Gasteiger partial charge >= 0.3 is 0 Å². The molecule has 18 heavy (non-hydrogen) atoms. The standard InChI is InChI=1S/C12H12N4O2/c13-5-8-1-3-10(14-6-8)12(18)15-7-9-2-4-11(17)16-9/h1,3,6,9H,2,4,7H2,(H,15,18)(H,16,17). The second-order valence-corrected chi connectivity index (χ2v) is 4.06. The Hall–Kier alpha value is -2.42. The fourth-order valence-corrected chi connectivity index (χ4v) is 1.73. The summed E-state index contributed by atoms with van der Waals surface area (Å²) in [6, 6.07) is 4.97. The van der Waals surface area contributed by atoms with Crippen LogP contribution in [0.15, 0.2) is 18.3 Å². The van der Waals surface area contributed by atoms with Crippen LogP contribution in [0.5, 0.6) is 0 Å². The van der Waals surface area contributed by atoms with Gasteiger partial charge in [-0.25, -0.2) is 4.98 Å². The molecule has 2 amide bonds. The van der Waals surface area contributed by atoms with Crippen LogP contribution in [0.3, 0.4) is 0 Å². The first-order valence-electron chi connectivity index (χ1n) is 5.63. The highest BCUT2D eigenvalue weighted by atomic mass is 16.2. The minimum Gasteiger partial charge on any atom is -0.352 e. The number of hydrogen-bond donors (Lipinski definition) is 2. The van der Waals surface area contributed by atoms with Crippen molar-refractivity contribution < 1.29 is 9.59 Å². The van der Waals surface area contributed by atoms with E-state index in [1.165, 1.54) is 12.3 Å². The second kappa shape index (κ2) is 5.27. The summed E-state index contributed by atoms with van der Waals surface area (Å²) < 4.78 is 0. The molecule has 92 valence electrons. The lowest BCUT2D eigenvalue weighted by atomic mass is 10.2. The van der Waals surface area contributed by atoms with Crippen molar-refractivity contribution in [2.75, 3.05) is 6.54 Å². The van der Waals surface area contributed by atoms with Crippen molar-refractivity contribution in [3.05, 3.63) is 29.6 Å². The van der Waals surface area contributed by atoms with E-state index in [4.69, 9.17) is 5.26 Å². The van der Waals surface area contributed by atoms with Crippen molar-refractivity contribution in [3.8, 4) is 6.07 Å². The fraction of sp³-hybridized carbons (Fsp3) is 0.333. The van der Waals surface area contributed by atoms with Crippen LogP contribution >= 0.6 is 0 Å². The van der Waals surface area contributed by atoms with Crippen molar-refractivity contribution in [2.45, 2.75) is 18.9 Å². The van der Waals surface area contributed by atoms with Gasteiger partial charge in [-0.2, -0.15) is 5.26 Å². The summed E-state index contributed by atoms with van der Waals surface area (Å²) in [6.45, 7) is 0.395. The maximum Gasteiger partial charge on any atom is 0.269 e. The van der Waals surface area contributed by atoms with Crippen LogP contribution in [-0.4, -0.2) is 29.4 Å².